The van der Waals surface area contributed by atoms with Gasteiger partial charge in [0.25, 0.3) is 0 Å². The molecule has 1 aliphatic heterocycles. The summed E-state index contributed by atoms with van der Waals surface area (Å²) < 4.78 is 11.0. The van der Waals surface area contributed by atoms with Gasteiger partial charge in [0, 0.05) is 18.1 Å². The van der Waals surface area contributed by atoms with Crippen LogP contribution in [-0.2, 0) is 4.74 Å². The van der Waals surface area contributed by atoms with Gasteiger partial charge in [-0.15, -0.1) is 0 Å². The van der Waals surface area contributed by atoms with Crippen LogP contribution in [0, 0.1) is 12.8 Å². The normalized spacial score (nSPS) is 25.1. The molecule has 0 aliphatic carbocycles. The lowest BCUT2D eigenvalue weighted by molar-refractivity contribution is 0.0297. The highest BCUT2D eigenvalue weighted by Crippen LogP contribution is 2.38. The summed E-state index contributed by atoms with van der Waals surface area (Å²) in [6.45, 7) is 4.87. The predicted octanol–water partition coefficient (Wildman–Crippen LogP) is 2.85. The molecule has 3 unspecified atom stereocenters. The number of hydrogen-bond donors (Lipinski definition) is 1. The molecule has 18 heavy (non-hydrogen) atoms. The summed E-state index contributed by atoms with van der Waals surface area (Å²) in [6.07, 6.45) is 1.50. The molecule has 1 aliphatic rings. The Hall–Kier alpha value is -1.06. The fourth-order valence-electron chi connectivity index (χ4n) is 2.76. The van der Waals surface area contributed by atoms with Crippen molar-refractivity contribution in [1.82, 2.24) is 0 Å². The molecule has 0 radical (unpaired) electrons. The van der Waals surface area contributed by atoms with E-state index in [0.29, 0.717) is 0 Å². The van der Waals surface area contributed by atoms with Crippen molar-refractivity contribution >= 4 is 0 Å². The Labute approximate surface area is 109 Å². The number of benzene rings is 1. The molecule has 3 heteroatoms. The molecule has 0 saturated carbocycles. The Balaban J connectivity index is 2.27. The van der Waals surface area contributed by atoms with Crippen LogP contribution in [0.15, 0.2) is 18.2 Å². The van der Waals surface area contributed by atoms with Gasteiger partial charge in [-0.2, -0.15) is 0 Å². The fraction of sp³-hybridized carbons (Fsp3) is 0.600. The van der Waals surface area contributed by atoms with Gasteiger partial charge in [-0.05, 0) is 31.9 Å². The van der Waals surface area contributed by atoms with E-state index >= 15 is 0 Å². The van der Waals surface area contributed by atoms with Crippen molar-refractivity contribution in [3.63, 3.8) is 0 Å². The van der Waals surface area contributed by atoms with Crippen LogP contribution in [0.4, 0.5) is 0 Å². The quantitative estimate of drug-likeness (QED) is 0.893. The Kier molecular flexibility index (Phi) is 4.25. The molecule has 0 aromatic heterocycles. The van der Waals surface area contributed by atoms with Crippen molar-refractivity contribution in [1.29, 1.82) is 0 Å². The SMILES string of the molecule is CCC1OCCC1C(O)c1cc(C)ccc1OC. The average molecular weight is 250 g/mol. The molecule has 1 N–H and O–H groups in total. The molecule has 1 aromatic carbocycles. The van der Waals surface area contributed by atoms with Crippen molar-refractivity contribution in [3.05, 3.63) is 29.3 Å². The molecule has 1 saturated heterocycles. The second-order valence-corrected chi connectivity index (χ2v) is 4.96. The summed E-state index contributed by atoms with van der Waals surface area (Å²) in [4.78, 5) is 0. The van der Waals surface area contributed by atoms with E-state index in [-0.39, 0.29) is 12.0 Å². The van der Waals surface area contributed by atoms with Crippen molar-refractivity contribution < 1.29 is 14.6 Å². The standard InChI is InChI=1S/C15H22O3/c1-4-13-11(7-8-18-13)15(16)12-9-10(2)5-6-14(12)17-3/h5-6,9,11,13,15-16H,4,7-8H2,1-3H3. The van der Waals surface area contributed by atoms with E-state index in [9.17, 15) is 5.11 Å². The molecule has 3 atom stereocenters. The molecule has 0 amide bonds. The predicted molar refractivity (Wildman–Crippen MR) is 70.8 cm³/mol. The molecule has 100 valence electrons. The van der Waals surface area contributed by atoms with E-state index in [1.54, 1.807) is 7.11 Å². The fourth-order valence-corrected chi connectivity index (χ4v) is 2.76. The van der Waals surface area contributed by atoms with Crippen LogP contribution in [0.2, 0.25) is 0 Å². The first-order chi connectivity index (χ1) is 8.67. The second-order valence-electron chi connectivity index (χ2n) is 4.96. The van der Waals surface area contributed by atoms with Gasteiger partial charge in [-0.1, -0.05) is 18.6 Å². The summed E-state index contributed by atoms with van der Waals surface area (Å²) in [6, 6.07) is 5.93. The number of aliphatic hydroxyl groups is 1. The van der Waals surface area contributed by atoms with Gasteiger partial charge in [-0.25, -0.2) is 0 Å². The number of ether oxygens (including phenoxy) is 2. The molecule has 0 spiro atoms. The van der Waals surface area contributed by atoms with E-state index in [2.05, 4.69) is 6.92 Å². The summed E-state index contributed by atoms with van der Waals surface area (Å²) >= 11 is 0. The lowest BCUT2D eigenvalue weighted by atomic mass is 9.88. The summed E-state index contributed by atoms with van der Waals surface area (Å²) in [5, 5.41) is 10.6. The van der Waals surface area contributed by atoms with Crippen LogP contribution in [0.5, 0.6) is 5.75 Å². The van der Waals surface area contributed by atoms with E-state index < -0.39 is 6.10 Å². The molecule has 2 rings (SSSR count). The Bertz CT molecular complexity index is 403. The third-order valence-electron chi connectivity index (χ3n) is 3.77. The van der Waals surface area contributed by atoms with Gasteiger partial charge < -0.3 is 14.6 Å². The van der Waals surface area contributed by atoms with Crippen LogP contribution >= 0.6 is 0 Å². The maximum atomic E-state index is 10.6. The minimum absolute atomic E-state index is 0.158. The number of rotatable bonds is 4. The zero-order valence-corrected chi connectivity index (χ0v) is 11.3. The first-order valence-corrected chi connectivity index (χ1v) is 6.61. The number of aryl methyl sites for hydroxylation is 1. The van der Waals surface area contributed by atoms with Crippen LogP contribution in [0.25, 0.3) is 0 Å². The smallest absolute Gasteiger partial charge is 0.124 e. The average Bonchev–Trinajstić information content (AvgIpc) is 2.86. The lowest BCUT2D eigenvalue weighted by Crippen LogP contribution is -2.22. The monoisotopic (exact) mass is 250 g/mol. The van der Waals surface area contributed by atoms with Crippen molar-refractivity contribution in [2.45, 2.75) is 38.9 Å². The summed E-state index contributed by atoms with van der Waals surface area (Å²) in [5.74, 6) is 0.931. The van der Waals surface area contributed by atoms with E-state index in [1.165, 1.54) is 0 Å². The zero-order chi connectivity index (χ0) is 13.1. The van der Waals surface area contributed by atoms with Crippen LogP contribution in [0.3, 0.4) is 0 Å². The van der Waals surface area contributed by atoms with Crippen molar-refractivity contribution in [2.24, 2.45) is 5.92 Å². The Morgan fingerprint density at radius 3 is 2.94 bits per heavy atom. The first-order valence-electron chi connectivity index (χ1n) is 6.61. The topological polar surface area (TPSA) is 38.7 Å². The third kappa shape index (κ3) is 2.52. The Morgan fingerprint density at radius 1 is 1.50 bits per heavy atom. The first kappa shape index (κ1) is 13.4. The van der Waals surface area contributed by atoms with Gasteiger partial charge in [-0.3, -0.25) is 0 Å². The number of aliphatic hydroxyl groups excluding tert-OH is 1. The molecule has 1 heterocycles. The summed E-state index contributed by atoms with van der Waals surface area (Å²) in [5.41, 5.74) is 2.02. The number of methoxy groups -OCH3 is 1. The maximum Gasteiger partial charge on any atom is 0.124 e. The van der Waals surface area contributed by atoms with Gasteiger partial charge in [0.05, 0.1) is 19.3 Å². The molecular weight excluding hydrogens is 228 g/mol. The highest BCUT2D eigenvalue weighted by molar-refractivity contribution is 5.38. The largest absolute Gasteiger partial charge is 0.496 e. The molecule has 0 bridgehead atoms. The lowest BCUT2D eigenvalue weighted by Gasteiger charge is -2.24. The Morgan fingerprint density at radius 2 is 2.28 bits per heavy atom. The van der Waals surface area contributed by atoms with Gasteiger partial charge in [0.15, 0.2) is 0 Å². The van der Waals surface area contributed by atoms with Crippen LogP contribution in [-0.4, -0.2) is 24.9 Å². The molecular formula is C15H22O3. The number of hydrogen-bond acceptors (Lipinski definition) is 3. The summed E-state index contributed by atoms with van der Waals surface area (Å²) in [7, 11) is 1.64. The molecule has 1 aromatic rings. The van der Waals surface area contributed by atoms with Crippen LogP contribution < -0.4 is 4.74 Å². The van der Waals surface area contributed by atoms with Crippen molar-refractivity contribution in [3.8, 4) is 5.75 Å². The molecule has 3 nitrogen and oxygen atoms in total. The second kappa shape index (κ2) is 5.72. The zero-order valence-electron chi connectivity index (χ0n) is 11.3. The van der Waals surface area contributed by atoms with Gasteiger partial charge in [0.1, 0.15) is 5.75 Å². The highest BCUT2D eigenvalue weighted by Gasteiger charge is 2.34. The molecule has 1 fully saturated rings. The maximum absolute atomic E-state index is 10.6. The van der Waals surface area contributed by atoms with Crippen molar-refractivity contribution in [2.75, 3.05) is 13.7 Å². The van der Waals surface area contributed by atoms with E-state index in [4.69, 9.17) is 9.47 Å². The minimum atomic E-state index is -0.507. The minimum Gasteiger partial charge on any atom is -0.496 e. The third-order valence-corrected chi connectivity index (χ3v) is 3.77. The highest BCUT2D eigenvalue weighted by atomic mass is 16.5. The van der Waals surface area contributed by atoms with Gasteiger partial charge in [0.2, 0.25) is 0 Å². The van der Waals surface area contributed by atoms with Crippen LogP contribution in [0.1, 0.15) is 37.0 Å². The van der Waals surface area contributed by atoms with E-state index in [1.807, 2.05) is 25.1 Å². The van der Waals surface area contributed by atoms with Gasteiger partial charge >= 0.3 is 0 Å². The van der Waals surface area contributed by atoms with E-state index in [0.717, 1.165) is 36.3 Å².